The van der Waals surface area contributed by atoms with Gasteiger partial charge in [0, 0.05) is 25.2 Å². The Hall–Kier alpha value is -0.130. The molecule has 5 heteroatoms. The molecule has 4 nitrogen and oxygen atoms in total. The topological polar surface area (TPSA) is 40.6 Å². The average molecular weight is 286 g/mol. The van der Waals surface area contributed by atoms with Crippen molar-refractivity contribution < 1.29 is 8.42 Å². The second-order valence-electron chi connectivity index (χ2n) is 6.80. The lowest BCUT2D eigenvalue weighted by molar-refractivity contribution is 0.0352. The maximum absolute atomic E-state index is 12.1. The highest BCUT2D eigenvalue weighted by Crippen LogP contribution is 2.39. The predicted molar refractivity (Wildman–Crippen MR) is 76.5 cm³/mol. The van der Waals surface area contributed by atoms with E-state index in [-0.39, 0.29) is 5.54 Å². The van der Waals surface area contributed by atoms with Gasteiger partial charge < -0.3 is 4.90 Å². The van der Waals surface area contributed by atoms with Gasteiger partial charge in [-0.05, 0) is 51.0 Å². The van der Waals surface area contributed by atoms with Gasteiger partial charge in [-0.2, -0.15) is 4.31 Å². The highest BCUT2D eigenvalue weighted by molar-refractivity contribution is 7.88. The molecule has 0 bridgehead atoms. The lowest BCUT2D eigenvalue weighted by atomic mass is 9.81. The van der Waals surface area contributed by atoms with Gasteiger partial charge in [0.1, 0.15) is 0 Å². The van der Waals surface area contributed by atoms with Gasteiger partial charge >= 0.3 is 0 Å². The predicted octanol–water partition coefficient (Wildman–Crippen LogP) is 1.68. The Labute approximate surface area is 117 Å². The molecule has 0 aromatic heterocycles. The monoisotopic (exact) mass is 286 g/mol. The molecule has 1 atom stereocenters. The van der Waals surface area contributed by atoms with Crippen LogP contribution >= 0.6 is 0 Å². The van der Waals surface area contributed by atoms with Gasteiger partial charge in [-0.1, -0.05) is 6.42 Å². The van der Waals surface area contributed by atoms with Crippen molar-refractivity contribution in [3.63, 3.8) is 0 Å². The summed E-state index contributed by atoms with van der Waals surface area (Å²) >= 11 is 0. The molecule has 1 unspecified atom stereocenters. The van der Waals surface area contributed by atoms with E-state index < -0.39 is 10.0 Å². The second-order valence-corrected chi connectivity index (χ2v) is 8.71. The van der Waals surface area contributed by atoms with E-state index in [0.29, 0.717) is 0 Å². The van der Waals surface area contributed by atoms with Crippen LogP contribution in [0.3, 0.4) is 0 Å². The Morgan fingerprint density at radius 2 is 1.84 bits per heavy atom. The van der Waals surface area contributed by atoms with Gasteiger partial charge in [0.2, 0.25) is 10.0 Å². The van der Waals surface area contributed by atoms with E-state index in [9.17, 15) is 8.42 Å². The summed E-state index contributed by atoms with van der Waals surface area (Å²) in [5, 5.41) is 0. The van der Waals surface area contributed by atoms with Crippen molar-refractivity contribution in [1.82, 2.24) is 9.21 Å². The first kappa shape index (κ1) is 13.8. The molecule has 0 N–H and O–H groups in total. The van der Waals surface area contributed by atoms with Crippen LogP contribution in [0.1, 0.15) is 44.9 Å². The Balaban J connectivity index is 1.77. The quantitative estimate of drug-likeness (QED) is 0.792. The Morgan fingerprint density at radius 3 is 2.53 bits per heavy atom. The normalized spacial score (nSPS) is 34.8. The molecule has 3 aliphatic rings. The van der Waals surface area contributed by atoms with Crippen LogP contribution in [0.2, 0.25) is 0 Å². The summed E-state index contributed by atoms with van der Waals surface area (Å²) in [7, 11) is -3.06. The summed E-state index contributed by atoms with van der Waals surface area (Å²) in [6.07, 6.45) is 9.61. The van der Waals surface area contributed by atoms with E-state index in [0.717, 1.165) is 51.2 Å². The van der Waals surface area contributed by atoms with E-state index in [1.54, 1.807) is 0 Å². The Morgan fingerprint density at radius 1 is 1.11 bits per heavy atom. The average Bonchev–Trinajstić information content (AvgIpc) is 3.12. The summed E-state index contributed by atoms with van der Waals surface area (Å²) in [5.74, 6) is 0.894. The summed E-state index contributed by atoms with van der Waals surface area (Å²) in [6.45, 7) is 4.06. The standard InChI is InChI=1S/C14H26N2O2S/c1-19(17,18)16-10-3-2-7-14(16)8-4-9-15(12-14)11-13-5-6-13/h13H,2-12H2,1H3. The fraction of sp³-hybridized carbons (Fsp3) is 1.00. The SMILES string of the molecule is CS(=O)(=O)N1CCCCC12CCCN(CC1CC1)C2. The minimum absolute atomic E-state index is 0.0844. The van der Waals surface area contributed by atoms with Crippen molar-refractivity contribution in [3.8, 4) is 0 Å². The molecule has 0 radical (unpaired) electrons. The van der Waals surface area contributed by atoms with Gasteiger partial charge in [-0.3, -0.25) is 0 Å². The van der Waals surface area contributed by atoms with Crippen LogP contribution in [-0.2, 0) is 10.0 Å². The molecule has 2 saturated heterocycles. The van der Waals surface area contributed by atoms with Crippen molar-refractivity contribution in [2.45, 2.75) is 50.5 Å². The fourth-order valence-corrected chi connectivity index (χ4v) is 5.43. The van der Waals surface area contributed by atoms with Crippen molar-refractivity contribution >= 4 is 10.0 Å². The Bertz CT molecular complexity index is 429. The van der Waals surface area contributed by atoms with Crippen LogP contribution in [0, 0.1) is 5.92 Å². The van der Waals surface area contributed by atoms with Crippen molar-refractivity contribution in [2.24, 2.45) is 5.92 Å². The number of hydrogen-bond acceptors (Lipinski definition) is 3. The van der Waals surface area contributed by atoms with E-state index in [1.807, 2.05) is 4.31 Å². The first-order valence-electron chi connectivity index (χ1n) is 7.70. The molecule has 0 aromatic rings. The van der Waals surface area contributed by atoms with Gasteiger partial charge in [0.15, 0.2) is 0 Å². The zero-order valence-corrected chi connectivity index (χ0v) is 12.8. The number of likely N-dealkylation sites (tertiary alicyclic amines) is 1. The molecule has 3 rings (SSSR count). The fourth-order valence-electron chi connectivity index (χ4n) is 4.02. The lowest BCUT2D eigenvalue weighted by Crippen LogP contribution is -2.62. The molecular formula is C14H26N2O2S. The number of hydrogen-bond donors (Lipinski definition) is 0. The van der Waals surface area contributed by atoms with Crippen molar-refractivity contribution in [3.05, 3.63) is 0 Å². The van der Waals surface area contributed by atoms with Crippen molar-refractivity contribution in [2.75, 3.05) is 32.4 Å². The molecular weight excluding hydrogens is 260 g/mol. The highest BCUT2D eigenvalue weighted by Gasteiger charge is 2.46. The minimum atomic E-state index is -3.06. The number of sulfonamides is 1. The zero-order valence-electron chi connectivity index (χ0n) is 12.0. The van der Waals surface area contributed by atoms with E-state index in [4.69, 9.17) is 0 Å². The first-order chi connectivity index (χ1) is 9.00. The van der Waals surface area contributed by atoms with Gasteiger partial charge in [0.25, 0.3) is 0 Å². The molecule has 0 aromatic carbocycles. The van der Waals surface area contributed by atoms with Crippen LogP contribution in [0.15, 0.2) is 0 Å². The van der Waals surface area contributed by atoms with E-state index in [2.05, 4.69) is 4.90 Å². The van der Waals surface area contributed by atoms with Crippen LogP contribution in [0.25, 0.3) is 0 Å². The molecule has 110 valence electrons. The minimum Gasteiger partial charge on any atom is -0.301 e. The van der Waals surface area contributed by atoms with Crippen LogP contribution in [-0.4, -0.2) is 55.6 Å². The summed E-state index contributed by atoms with van der Waals surface area (Å²) in [6, 6.07) is 0. The molecule has 1 aliphatic carbocycles. The molecule has 2 aliphatic heterocycles. The largest absolute Gasteiger partial charge is 0.301 e. The molecule has 3 fully saturated rings. The third kappa shape index (κ3) is 2.98. The molecule has 19 heavy (non-hydrogen) atoms. The second kappa shape index (κ2) is 5.01. The van der Waals surface area contributed by atoms with E-state index in [1.165, 1.54) is 32.1 Å². The third-order valence-electron chi connectivity index (χ3n) is 5.03. The van der Waals surface area contributed by atoms with Crippen LogP contribution < -0.4 is 0 Å². The first-order valence-corrected chi connectivity index (χ1v) is 9.55. The van der Waals surface area contributed by atoms with Gasteiger partial charge in [-0.15, -0.1) is 0 Å². The molecule has 0 amide bonds. The summed E-state index contributed by atoms with van der Waals surface area (Å²) in [4.78, 5) is 2.53. The van der Waals surface area contributed by atoms with Crippen molar-refractivity contribution in [1.29, 1.82) is 0 Å². The number of piperidine rings is 2. The van der Waals surface area contributed by atoms with Crippen LogP contribution in [0.4, 0.5) is 0 Å². The molecule has 1 spiro atoms. The number of rotatable bonds is 3. The lowest BCUT2D eigenvalue weighted by Gasteiger charge is -2.51. The van der Waals surface area contributed by atoms with Gasteiger partial charge in [0.05, 0.1) is 6.26 Å². The molecule has 2 heterocycles. The number of nitrogens with zero attached hydrogens (tertiary/aromatic N) is 2. The summed E-state index contributed by atoms with van der Waals surface area (Å²) in [5.41, 5.74) is -0.0844. The van der Waals surface area contributed by atoms with E-state index >= 15 is 0 Å². The highest BCUT2D eigenvalue weighted by atomic mass is 32.2. The maximum atomic E-state index is 12.1. The summed E-state index contributed by atoms with van der Waals surface area (Å²) < 4.78 is 26.1. The maximum Gasteiger partial charge on any atom is 0.211 e. The van der Waals surface area contributed by atoms with Crippen LogP contribution in [0.5, 0.6) is 0 Å². The molecule has 1 saturated carbocycles. The third-order valence-corrected chi connectivity index (χ3v) is 6.40. The zero-order chi connectivity index (χ0) is 13.5. The smallest absolute Gasteiger partial charge is 0.211 e. The Kier molecular flexibility index (Phi) is 3.65. The van der Waals surface area contributed by atoms with Gasteiger partial charge in [-0.25, -0.2) is 8.42 Å².